The second-order valence-corrected chi connectivity index (χ2v) is 15.4. The number of likely N-dealkylation sites (tertiary alicyclic amines) is 1. The Bertz CT molecular complexity index is 1610. The van der Waals surface area contributed by atoms with E-state index in [-0.39, 0.29) is 41.8 Å². The summed E-state index contributed by atoms with van der Waals surface area (Å²) in [5, 5.41) is 7.90. The highest BCUT2D eigenvalue weighted by molar-refractivity contribution is 8.00. The lowest BCUT2D eigenvalue weighted by molar-refractivity contribution is -0.120. The fourth-order valence-electron chi connectivity index (χ4n) is 5.75. The van der Waals surface area contributed by atoms with Gasteiger partial charge in [-0.05, 0) is 70.1 Å². The van der Waals surface area contributed by atoms with E-state index in [2.05, 4.69) is 15.6 Å². The molecule has 4 amide bonds. The summed E-state index contributed by atoms with van der Waals surface area (Å²) >= 11 is 2.86. The summed E-state index contributed by atoms with van der Waals surface area (Å²) in [6, 6.07) is 16.2. The monoisotopic (exact) mass is 691 g/mol. The first kappa shape index (κ1) is 33.8. The summed E-state index contributed by atoms with van der Waals surface area (Å²) in [4.78, 5) is 60.4. The molecule has 2 aromatic carbocycles. The van der Waals surface area contributed by atoms with Crippen molar-refractivity contribution < 1.29 is 28.7 Å². The topological polar surface area (TPSA) is 130 Å². The van der Waals surface area contributed by atoms with Crippen LogP contribution in [0.3, 0.4) is 0 Å². The van der Waals surface area contributed by atoms with Crippen molar-refractivity contribution >= 4 is 52.2 Å². The van der Waals surface area contributed by atoms with Crippen molar-refractivity contribution in [3.63, 3.8) is 0 Å². The Morgan fingerprint density at radius 3 is 2.31 bits per heavy atom. The molecule has 0 spiro atoms. The summed E-state index contributed by atoms with van der Waals surface area (Å²) in [5.41, 5.74) is 2.38. The minimum atomic E-state index is -0.760. The standard InChI is InChI=1S/C35H41N5O6S2/c1-35(2,3)46-33(43)39-17-15-25(16-18-39)31-40(34(44)45-19-22-7-5-4-6-8-22)28(21-47-31)30(42)38-32-37-27(20-48-32)23-9-11-24(12-10-23)29(41)36-26-13-14-26/h4-12,20,25-26,28,31H,13-19,21H2,1-3H3,(H,36,41)(H,37,38,42)/t28-,31?/m0/s1. The van der Waals surface area contributed by atoms with Gasteiger partial charge in [0.15, 0.2) is 5.13 Å². The van der Waals surface area contributed by atoms with Gasteiger partial charge in [0.25, 0.3) is 5.91 Å². The van der Waals surface area contributed by atoms with Crippen LogP contribution in [0.15, 0.2) is 60.0 Å². The van der Waals surface area contributed by atoms with Gasteiger partial charge in [0, 0.05) is 41.4 Å². The molecule has 254 valence electrons. The maximum Gasteiger partial charge on any atom is 0.411 e. The molecule has 2 atom stereocenters. The van der Waals surface area contributed by atoms with Crippen LogP contribution in [0.4, 0.5) is 14.7 Å². The average molecular weight is 692 g/mol. The first-order valence-corrected chi connectivity index (χ1v) is 18.2. The number of benzene rings is 2. The Hall–Kier alpha value is -4.10. The Morgan fingerprint density at radius 2 is 1.65 bits per heavy atom. The second kappa shape index (κ2) is 14.6. The van der Waals surface area contributed by atoms with Gasteiger partial charge in [0.2, 0.25) is 5.91 Å². The van der Waals surface area contributed by atoms with E-state index in [4.69, 9.17) is 9.47 Å². The van der Waals surface area contributed by atoms with Crippen LogP contribution in [0, 0.1) is 5.92 Å². The van der Waals surface area contributed by atoms with Gasteiger partial charge in [-0.2, -0.15) is 0 Å². The molecule has 11 nitrogen and oxygen atoms in total. The Morgan fingerprint density at radius 1 is 0.938 bits per heavy atom. The largest absolute Gasteiger partial charge is 0.445 e. The number of piperidine rings is 1. The number of carbonyl (C=O) groups is 4. The van der Waals surface area contributed by atoms with Crippen molar-refractivity contribution in [3.05, 3.63) is 71.1 Å². The van der Waals surface area contributed by atoms with E-state index in [1.807, 2.05) is 68.6 Å². The summed E-state index contributed by atoms with van der Waals surface area (Å²) < 4.78 is 11.3. The van der Waals surface area contributed by atoms with E-state index in [0.717, 1.165) is 24.0 Å². The Labute approximate surface area is 288 Å². The van der Waals surface area contributed by atoms with Crippen LogP contribution in [0.1, 0.15) is 62.4 Å². The van der Waals surface area contributed by atoms with Gasteiger partial charge in [0.1, 0.15) is 18.2 Å². The average Bonchev–Trinajstić information content (AvgIpc) is 3.57. The summed E-state index contributed by atoms with van der Waals surface area (Å²) in [5.74, 6) is 0.0621. The van der Waals surface area contributed by atoms with Gasteiger partial charge in [0.05, 0.1) is 11.1 Å². The lowest BCUT2D eigenvalue weighted by Crippen LogP contribution is -2.51. The molecule has 2 saturated heterocycles. The van der Waals surface area contributed by atoms with E-state index < -0.39 is 17.7 Å². The van der Waals surface area contributed by atoms with Crippen molar-refractivity contribution in [2.45, 2.75) is 76.1 Å². The molecule has 1 saturated carbocycles. The highest BCUT2D eigenvalue weighted by Gasteiger charge is 2.47. The fourth-order valence-corrected chi connectivity index (χ4v) is 8.10. The molecule has 3 heterocycles. The third-order valence-electron chi connectivity index (χ3n) is 8.44. The lowest BCUT2D eigenvalue weighted by atomic mass is 9.95. The number of nitrogens with one attached hydrogen (secondary N) is 2. The van der Waals surface area contributed by atoms with E-state index in [1.54, 1.807) is 33.7 Å². The van der Waals surface area contributed by atoms with Gasteiger partial charge >= 0.3 is 12.2 Å². The summed E-state index contributed by atoms with van der Waals surface area (Å²) in [6.07, 6.45) is 2.51. The van der Waals surface area contributed by atoms with Crippen molar-refractivity contribution in [2.75, 3.05) is 24.2 Å². The SMILES string of the molecule is CC(C)(C)OC(=O)N1CCC(C2SC[C@@H](C(=O)Nc3nc(-c4ccc(C(=O)NC5CC5)cc4)cs3)N2C(=O)OCc2ccccc2)CC1. The number of carbonyl (C=O) groups excluding carboxylic acids is 4. The van der Waals surface area contributed by atoms with Gasteiger partial charge in [-0.1, -0.05) is 42.5 Å². The lowest BCUT2D eigenvalue weighted by Gasteiger charge is -2.38. The number of aromatic nitrogens is 1. The van der Waals surface area contributed by atoms with Crippen LogP contribution in [0.25, 0.3) is 11.3 Å². The minimum absolute atomic E-state index is 0.0663. The zero-order chi connectivity index (χ0) is 33.8. The maximum atomic E-state index is 13.7. The van der Waals surface area contributed by atoms with Gasteiger partial charge < -0.3 is 25.0 Å². The van der Waals surface area contributed by atoms with Gasteiger partial charge in [-0.25, -0.2) is 14.6 Å². The molecule has 13 heteroatoms. The summed E-state index contributed by atoms with van der Waals surface area (Å²) in [6.45, 7) is 6.65. The van der Waals surface area contributed by atoms with Crippen LogP contribution in [0.5, 0.6) is 0 Å². The minimum Gasteiger partial charge on any atom is -0.445 e. The zero-order valence-electron chi connectivity index (χ0n) is 27.3. The molecule has 3 aliphatic rings. The number of thioether (sulfide) groups is 1. The molecular weight excluding hydrogens is 651 g/mol. The normalized spacial score (nSPS) is 19.9. The first-order chi connectivity index (χ1) is 23.0. The van der Waals surface area contributed by atoms with Crippen molar-refractivity contribution in [1.29, 1.82) is 0 Å². The molecule has 6 rings (SSSR count). The van der Waals surface area contributed by atoms with Crippen LogP contribution in [0.2, 0.25) is 0 Å². The number of hydrogen-bond donors (Lipinski definition) is 2. The van der Waals surface area contributed by atoms with E-state index >= 15 is 0 Å². The van der Waals surface area contributed by atoms with E-state index in [1.165, 1.54) is 11.3 Å². The number of ether oxygens (including phenoxy) is 2. The summed E-state index contributed by atoms with van der Waals surface area (Å²) in [7, 11) is 0. The molecule has 1 aliphatic carbocycles. The van der Waals surface area contributed by atoms with Crippen LogP contribution in [-0.2, 0) is 20.9 Å². The van der Waals surface area contributed by atoms with Crippen LogP contribution in [-0.4, -0.2) is 80.7 Å². The third-order valence-corrected chi connectivity index (χ3v) is 10.7. The number of hydrogen-bond acceptors (Lipinski definition) is 9. The predicted octanol–water partition coefficient (Wildman–Crippen LogP) is 6.37. The highest BCUT2D eigenvalue weighted by Crippen LogP contribution is 2.40. The number of thiazole rings is 1. The van der Waals surface area contributed by atoms with Crippen LogP contribution < -0.4 is 10.6 Å². The molecule has 48 heavy (non-hydrogen) atoms. The molecule has 3 fully saturated rings. The molecule has 2 aliphatic heterocycles. The fraction of sp³-hybridized carbons (Fsp3) is 0.457. The number of anilines is 1. The van der Waals surface area contributed by atoms with E-state index in [0.29, 0.717) is 48.1 Å². The number of nitrogens with zero attached hydrogens (tertiary/aromatic N) is 3. The predicted molar refractivity (Wildman–Crippen MR) is 186 cm³/mol. The smallest absolute Gasteiger partial charge is 0.411 e. The zero-order valence-corrected chi connectivity index (χ0v) is 29.0. The van der Waals surface area contributed by atoms with E-state index in [9.17, 15) is 19.2 Å². The third kappa shape index (κ3) is 8.48. The first-order valence-electron chi connectivity index (χ1n) is 16.3. The molecular formula is C35H41N5O6S2. The highest BCUT2D eigenvalue weighted by atomic mass is 32.2. The number of rotatable bonds is 8. The van der Waals surface area contributed by atoms with Gasteiger partial charge in [-0.3, -0.25) is 14.5 Å². The molecule has 1 aromatic heterocycles. The Kier molecular flexibility index (Phi) is 10.3. The van der Waals surface area contributed by atoms with Crippen molar-refractivity contribution in [2.24, 2.45) is 5.92 Å². The van der Waals surface area contributed by atoms with Crippen molar-refractivity contribution in [1.82, 2.24) is 20.1 Å². The second-order valence-electron chi connectivity index (χ2n) is 13.3. The molecule has 1 unspecified atom stereocenters. The van der Waals surface area contributed by atoms with Gasteiger partial charge in [-0.15, -0.1) is 23.1 Å². The molecule has 0 bridgehead atoms. The van der Waals surface area contributed by atoms with Crippen LogP contribution >= 0.6 is 23.1 Å². The maximum absolute atomic E-state index is 13.7. The molecule has 0 radical (unpaired) electrons. The number of amides is 4. The quantitative estimate of drug-likeness (QED) is 0.279. The van der Waals surface area contributed by atoms with Crippen molar-refractivity contribution in [3.8, 4) is 11.3 Å². The Balaban J connectivity index is 1.12. The molecule has 3 aromatic rings. The molecule has 2 N–H and O–H groups in total.